The number of amides is 1. The molecule has 2 aromatic carbocycles. The van der Waals surface area contributed by atoms with Gasteiger partial charge in [0.2, 0.25) is 10.0 Å². The maximum Gasteiger partial charge on any atom is 0.265 e. The van der Waals surface area contributed by atoms with E-state index < -0.39 is 10.0 Å². The van der Waals surface area contributed by atoms with Gasteiger partial charge >= 0.3 is 0 Å². The van der Waals surface area contributed by atoms with Crippen molar-refractivity contribution in [3.05, 3.63) is 71.2 Å². The highest BCUT2D eigenvalue weighted by atomic mass is 32.2. The van der Waals surface area contributed by atoms with Crippen LogP contribution in [0, 0.1) is 6.92 Å². The van der Waals surface area contributed by atoms with E-state index in [-0.39, 0.29) is 17.4 Å². The fourth-order valence-corrected chi connectivity index (χ4v) is 6.79. The van der Waals surface area contributed by atoms with Crippen molar-refractivity contribution in [1.82, 2.24) is 19.0 Å². The summed E-state index contributed by atoms with van der Waals surface area (Å²) >= 11 is 1.36. The van der Waals surface area contributed by atoms with E-state index in [9.17, 15) is 13.2 Å². The van der Waals surface area contributed by atoms with E-state index in [4.69, 9.17) is 5.11 Å². The van der Waals surface area contributed by atoms with Gasteiger partial charge in [-0.3, -0.25) is 9.69 Å². The van der Waals surface area contributed by atoms with Crippen molar-refractivity contribution in [2.24, 2.45) is 0 Å². The third-order valence-corrected chi connectivity index (χ3v) is 9.29. The van der Waals surface area contributed by atoms with E-state index in [0.29, 0.717) is 43.3 Å². The molecule has 1 aliphatic heterocycles. The molecule has 0 atom stereocenters. The second kappa shape index (κ2) is 10.1. The summed E-state index contributed by atoms with van der Waals surface area (Å²) in [6, 6.07) is 17.9. The quantitative estimate of drug-likeness (QED) is 0.384. The highest BCUT2D eigenvalue weighted by Gasteiger charge is 2.28. The average molecular weight is 526 g/mol. The van der Waals surface area contributed by atoms with Gasteiger partial charge in [0.1, 0.15) is 4.83 Å². The molecule has 11 heteroatoms. The molecule has 1 saturated heterocycles. The zero-order valence-electron chi connectivity index (χ0n) is 19.8. The zero-order valence-corrected chi connectivity index (χ0v) is 21.4. The number of aryl methyl sites for hydroxylation is 1. The standard InChI is InChI=1S/C25H27N5O4S2/c1-18-22-17-23(35-25(22)30(27-18)20-5-3-2-4-6-20)24(32)26-19-7-9-21(10-8-19)36(33,34)29-13-11-28(12-14-29)15-16-31/h2-10,17,31H,11-16H2,1H3,(H,26,32). The van der Waals surface area contributed by atoms with Crippen LogP contribution in [0.5, 0.6) is 0 Å². The first kappa shape index (κ1) is 24.6. The summed E-state index contributed by atoms with van der Waals surface area (Å²) < 4.78 is 29.3. The van der Waals surface area contributed by atoms with Crippen LogP contribution in [0.3, 0.4) is 0 Å². The number of nitrogens with one attached hydrogen (secondary N) is 1. The van der Waals surface area contributed by atoms with Gasteiger partial charge in [-0.2, -0.15) is 9.40 Å². The van der Waals surface area contributed by atoms with Gasteiger partial charge in [0, 0.05) is 43.8 Å². The molecule has 0 unspecified atom stereocenters. The van der Waals surface area contributed by atoms with Crippen LogP contribution in [0.1, 0.15) is 15.4 Å². The third kappa shape index (κ3) is 4.80. The molecule has 0 spiro atoms. The lowest BCUT2D eigenvalue weighted by molar-refractivity contribution is 0.103. The number of carbonyl (C=O) groups excluding carboxylic acids is 1. The fraction of sp³-hybridized carbons (Fsp3) is 0.280. The Morgan fingerprint density at radius 1 is 1.06 bits per heavy atom. The molecule has 1 aliphatic rings. The van der Waals surface area contributed by atoms with E-state index >= 15 is 0 Å². The van der Waals surface area contributed by atoms with Gasteiger partial charge in [0.25, 0.3) is 5.91 Å². The second-order valence-corrected chi connectivity index (χ2v) is 11.6. The Morgan fingerprint density at radius 3 is 2.42 bits per heavy atom. The normalized spacial score (nSPS) is 15.4. The van der Waals surface area contributed by atoms with Gasteiger partial charge < -0.3 is 10.4 Å². The molecule has 188 valence electrons. The van der Waals surface area contributed by atoms with Crippen LogP contribution >= 0.6 is 11.3 Å². The molecule has 9 nitrogen and oxygen atoms in total. The van der Waals surface area contributed by atoms with Crippen molar-refractivity contribution >= 4 is 43.2 Å². The van der Waals surface area contributed by atoms with E-state index in [1.165, 1.54) is 27.8 Å². The van der Waals surface area contributed by atoms with Crippen LogP contribution in [0.15, 0.2) is 65.6 Å². The number of hydrogen-bond donors (Lipinski definition) is 2. The van der Waals surface area contributed by atoms with Crippen molar-refractivity contribution in [1.29, 1.82) is 0 Å². The van der Waals surface area contributed by atoms with Crippen LogP contribution < -0.4 is 5.32 Å². The maximum atomic E-state index is 13.0. The minimum Gasteiger partial charge on any atom is -0.395 e. The Balaban J connectivity index is 1.29. The minimum atomic E-state index is -3.62. The number of hydrogen-bond acceptors (Lipinski definition) is 7. The van der Waals surface area contributed by atoms with Crippen LogP contribution in [0.25, 0.3) is 15.9 Å². The van der Waals surface area contributed by atoms with Gasteiger partial charge in [0.15, 0.2) is 0 Å². The number of nitrogens with zero attached hydrogens (tertiary/aromatic N) is 4. The highest BCUT2D eigenvalue weighted by Crippen LogP contribution is 2.31. The van der Waals surface area contributed by atoms with Crippen molar-refractivity contribution in [3.63, 3.8) is 0 Å². The van der Waals surface area contributed by atoms with Crippen molar-refractivity contribution < 1.29 is 18.3 Å². The monoisotopic (exact) mass is 525 g/mol. The number of aliphatic hydroxyl groups is 1. The largest absolute Gasteiger partial charge is 0.395 e. The summed E-state index contributed by atoms with van der Waals surface area (Å²) in [6.45, 7) is 4.47. The SMILES string of the molecule is Cc1nn(-c2ccccc2)c2sc(C(=O)Nc3ccc(S(=O)(=O)N4CCN(CCO)CC4)cc3)cc12. The van der Waals surface area contributed by atoms with Crippen LogP contribution in [-0.2, 0) is 10.0 Å². The number of aliphatic hydroxyl groups excluding tert-OH is 1. The molecule has 1 amide bonds. The number of anilines is 1. The summed E-state index contributed by atoms with van der Waals surface area (Å²) in [7, 11) is -3.62. The van der Waals surface area contributed by atoms with E-state index in [2.05, 4.69) is 10.4 Å². The van der Waals surface area contributed by atoms with Crippen LogP contribution in [0.2, 0.25) is 0 Å². The summed E-state index contributed by atoms with van der Waals surface area (Å²) in [5, 5.41) is 17.5. The smallest absolute Gasteiger partial charge is 0.265 e. The number of aromatic nitrogens is 2. The van der Waals surface area contributed by atoms with E-state index in [0.717, 1.165) is 21.6 Å². The molecule has 0 radical (unpaired) electrons. The number of para-hydroxylation sites is 1. The molecule has 0 saturated carbocycles. The molecular formula is C25H27N5O4S2. The lowest BCUT2D eigenvalue weighted by Crippen LogP contribution is -2.49. The van der Waals surface area contributed by atoms with E-state index in [1.54, 1.807) is 12.1 Å². The first-order chi connectivity index (χ1) is 17.4. The highest BCUT2D eigenvalue weighted by molar-refractivity contribution is 7.89. The molecule has 3 heterocycles. The van der Waals surface area contributed by atoms with Crippen molar-refractivity contribution in [2.75, 3.05) is 44.6 Å². The predicted octanol–water partition coefficient (Wildman–Crippen LogP) is 2.95. The molecule has 2 N–H and O–H groups in total. The van der Waals surface area contributed by atoms with Crippen LogP contribution in [0.4, 0.5) is 5.69 Å². The summed E-state index contributed by atoms with van der Waals surface area (Å²) in [5.74, 6) is -0.258. The van der Waals surface area contributed by atoms with E-state index in [1.807, 2.05) is 52.9 Å². The topological polar surface area (TPSA) is 108 Å². The molecule has 4 aromatic rings. The summed E-state index contributed by atoms with van der Waals surface area (Å²) in [6.07, 6.45) is 0. The lowest BCUT2D eigenvalue weighted by Gasteiger charge is -2.33. The molecule has 0 aliphatic carbocycles. The first-order valence-corrected chi connectivity index (χ1v) is 13.9. The minimum absolute atomic E-state index is 0.0620. The maximum absolute atomic E-state index is 13.0. The lowest BCUT2D eigenvalue weighted by atomic mass is 10.3. The third-order valence-electron chi connectivity index (χ3n) is 6.27. The summed E-state index contributed by atoms with van der Waals surface area (Å²) in [4.78, 5) is 16.6. The molecule has 0 bridgehead atoms. The van der Waals surface area contributed by atoms with Crippen molar-refractivity contribution in [3.8, 4) is 5.69 Å². The number of piperazine rings is 1. The molecule has 5 rings (SSSR count). The number of thiophene rings is 1. The second-order valence-electron chi connectivity index (χ2n) is 8.61. The number of sulfonamides is 1. The van der Waals surface area contributed by atoms with Gasteiger partial charge in [-0.1, -0.05) is 18.2 Å². The number of benzene rings is 2. The number of rotatable bonds is 7. The first-order valence-electron chi connectivity index (χ1n) is 11.7. The number of β-amino-alcohol motifs (C(OH)–C–C–N with tert-alkyl or cyclic N) is 1. The Labute approximate surface area is 213 Å². The van der Waals surface area contributed by atoms with Crippen LogP contribution in [-0.4, -0.2) is 77.7 Å². The van der Waals surface area contributed by atoms with Gasteiger partial charge in [0.05, 0.1) is 27.8 Å². The molecular weight excluding hydrogens is 498 g/mol. The zero-order chi connectivity index (χ0) is 25.3. The number of fused-ring (bicyclic) bond motifs is 1. The Hall–Kier alpha value is -3.09. The predicted molar refractivity (Wildman–Crippen MR) is 140 cm³/mol. The number of carbonyl (C=O) groups is 1. The van der Waals surface area contributed by atoms with Gasteiger partial charge in [-0.05, 0) is 49.4 Å². The summed E-state index contributed by atoms with van der Waals surface area (Å²) in [5.41, 5.74) is 2.29. The van der Waals surface area contributed by atoms with Gasteiger partial charge in [-0.25, -0.2) is 13.1 Å². The Bertz CT molecular complexity index is 1470. The Morgan fingerprint density at radius 2 is 1.75 bits per heavy atom. The average Bonchev–Trinajstić information content (AvgIpc) is 3.46. The molecule has 2 aromatic heterocycles. The van der Waals surface area contributed by atoms with Gasteiger partial charge in [-0.15, -0.1) is 11.3 Å². The molecule has 36 heavy (non-hydrogen) atoms. The Kier molecular flexibility index (Phi) is 6.91. The fourth-order valence-electron chi connectivity index (χ4n) is 4.29. The molecule has 1 fully saturated rings. The van der Waals surface area contributed by atoms with Crippen molar-refractivity contribution in [2.45, 2.75) is 11.8 Å².